The van der Waals surface area contributed by atoms with E-state index >= 15 is 0 Å². The zero-order valence-electron chi connectivity index (χ0n) is 12.4. The molecular weight excluding hydrogens is 246 g/mol. The van der Waals surface area contributed by atoms with Gasteiger partial charge in [-0.2, -0.15) is 0 Å². The van der Waals surface area contributed by atoms with Gasteiger partial charge < -0.3 is 9.64 Å². The molecule has 0 saturated carbocycles. The molecule has 2 aromatic carbocycles. The highest BCUT2D eigenvalue weighted by Crippen LogP contribution is 2.22. The van der Waals surface area contributed by atoms with Crippen LogP contribution in [0.5, 0.6) is 5.75 Å². The highest BCUT2D eigenvalue weighted by atomic mass is 16.5. The van der Waals surface area contributed by atoms with E-state index in [4.69, 9.17) is 4.74 Å². The van der Waals surface area contributed by atoms with E-state index in [1.165, 1.54) is 17.5 Å². The van der Waals surface area contributed by atoms with E-state index in [1.54, 1.807) is 0 Å². The maximum Gasteiger partial charge on any atom is 0.119 e. The SMILES string of the molecule is CN(C)CCCCOc1ccc(-c2ccccc2)cc1. The molecule has 0 radical (unpaired) electrons. The van der Waals surface area contributed by atoms with Gasteiger partial charge >= 0.3 is 0 Å². The standard InChI is InChI=1S/C18H23NO/c1-19(2)14-6-7-15-20-18-12-10-17(11-13-18)16-8-4-3-5-9-16/h3-5,8-13H,6-7,14-15H2,1-2H3. The minimum atomic E-state index is 0.790. The molecular formula is C18H23NO. The van der Waals surface area contributed by atoms with Crippen LogP contribution in [0.2, 0.25) is 0 Å². The quantitative estimate of drug-likeness (QED) is 0.702. The molecule has 0 aromatic heterocycles. The zero-order valence-corrected chi connectivity index (χ0v) is 12.4. The van der Waals surface area contributed by atoms with E-state index in [2.05, 4.69) is 55.4 Å². The van der Waals surface area contributed by atoms with Gasteiger partial charge in [-0.25, -0.2) is 0 Å². The van der Waals surface area contributed by atoms with Gasteiger partial charge in [-0.15, -0.1) is 0 Å². The fraction of sp³-hybridized carbons (Fsp3) is 0.333. The normalized spacial score (nSPS) is 10.8. The Kier molecular flexibility index (Phi) is 5.63. The molecule has 20 heavy (non-hydrogen) atoms. The molecule has 0 aliphatic rings. The lowest BCUT2D eigenvalue weighted by atomic mass is 10.1. The highest BCUT2D eigenvalue weighted by Gasteiger charge is 1.98. The number of hydrogen-bond donors (Lipinski definition) is 0. The summed E-state index contributed by atoms with van der Waals surface area (Å²) in [5.74, 6) is 0.953. The summed E-state index contributed by atoms with van der Waals surface area (Å²) < 4.78 is 5.76. The number of unbranched alkanes of at least 4 members (excludes halogenated alkanes) is 1. The van der Waals surface area contributed by atoms with Crippen LogP contribution in [0.25, 0.3) is 11.1 Å². The predicted molar refractivity (Wildman–Crippen MR) is 85.2 cm³/mol. The van der Waals surface area contributed by atoms with Crippen molar-refractivity contribution < 1.29 is 4.74 Å². The highest BCUT2D eigenvalue weighted by molar-refractivity contribution is 5.63. The number of benzene rings is 2. The fourth-order valence-corrected chi connectivity index (χ4v) is 2.09. The van der Waals surface area contributed by atoms with Crippen molar-refractivity contribution in [2.24, 2.45) is 0 Å². The van der Waals surface area contributed by atoms with E-state index in [0.29, 0.717) is 0 Å². The average molecular weight is 269 g/mol. The van der Waals surface area contributed by atoms with Crippen molar-refractivity contribution in [2.75, 3.05) is 27.2 Å². The summed E-state index contributed by atoms with van der Waals surface area (Å²) in [5.41, 5.74) is 2.47. The summed E-state index contributed by atoms with van der Waals surface area (Å²) >= 11 is 0. The van der Waals surface area contributed by atoms with Crippen LogP contribution in [0.1, 0.15) is 12.8 Å². The van der Waals surface area contributed by atoms with Crippen LogP contribution in [-0.4, -0.2) is 32.1 Å². The van der Waals surface area contributed by atoms with E-state index in [1.807, 2.05) is 18.2 Å². The van der Waals surface area contributed by atoms with Crippen LogP contribution in [-0.2, 0) is 0 Å². The molecule has 2 nitrogen and oxygen atoms in total. The number of hydrogen-bond acceptors (Lipinski definition) is 2. The summed E-state index contributed by atoms with van der Waals surface area (Å²) in [6.45, 7) is 1.91. The van der Waals surface area contributed by atoms with Crippen molar-refractivity contribution in [1.82, 2.24) is 4.90 Å². The first-order valence-corrected chi connectivity index (χ1v) is 7.19. The van der Waals surface area contributed by atoms with Crippen molar-refractivity contribution in [3.8, 4) is 16.9 Å². The third kappa shape index (κ3) is 4.71. The first kappa shape index (κ1) is 14.6. The Bertz CT molecular complexity index is 491. The Hall–Kier alpha value is -1.80. The van der Waals surface area contributed by atoms with E-state index in [-0.39, 0.29) is 0 Å². The largest absolute Gasteiger partial charge is 0.494 e. The average Bonchev–Trinajstić information content (AvgIpc) is 2.48. The Labute approximate surface area is 122 Å². The molecule has 106 valence electrons. The maximum atomic E-state index is 5.76. The van der Waals surface area contributed by atoms with Crippen molar-refractivity contribution in [1.29, 1.82) is 0 Å². The van der Waals surface area contributed by atoms with Gasteiger partial charge in [0.05, 0.1) is 6.61 Å². The molecule has 0 saturated heterocycles. The summed E-state index contributed by atoms with van der Waals surface area (Å²) in [4.78, 5) is 2.20. The Morgan fingerprint density at radius 1 is 0.800 bits per heavy atom. The zero-order chi connectivity index (χ0) is 14.2. The van der Waals surface area contributed by atoms with E-state index in [0.717, 1.165) is 25.3 Å². The monoisotopic (exact) mass is 269 g/mol. The van der Waals surface area contributed by atoms with Crippen molar-refractivity contribution in [3.05, 3.63) is 54.6 Å². The van der Waals surface area contributed by atoms with Gasteiger partial charge in [0.15, 0.2) is 0 Å². The van der Waals surface area contributed by atoms with Gasteiger partial charge in [0.25, 0.3) is 0 Å². The predicted octanol–water partition coefficient (Wildman–Crippen LogP) is 4.07. The molecule has 2 rings (SSSR count). The molecule has 2 aromatic rings. The van der Waals surface area contributed by atoms with Gasteiger partial charge in [-0.3, -0.25) is 0 Å². The molecule has 0 heterocycles. The molecule has 0 atom stereocenters. The summed E-state index contributed by atoms with van der Waals surface area (Å²) in [5, 5.41) is 0. The van der Waals surface area contributed by atoms with Crippen LogP contribution >= 0.6 is 0 Å². The van der Waals surface area contributed by atoms with Gasteiger partial charge in [-0.1, -0.05) is 42.5 Å². The summed E-state index contributed by atoms with van der Waals surface area (Å²) in [7, 11) is 4.20. The first-order valence-electron chi connectivity index (χ1n) is 7.19. The van der Waals surface area contributed by atoms with Gasteiger partial charge in [0.1, 0.15) is 5.75 Å². The van der Waals surface area contributed by atoms with Gasteiger partial charge in [-0.05, 0) is 56.7 Å². The Morgan fingerprint density at radius 2 is 1.45 bits per heavy atom. The number of nitrogens with zero attached hydrogens (tertiary/aromatic N) is 1. The van der Waals surface area contributed by atoms with Crippen LogP contribution in [0.3, 0.4) is 0 Å². The molecule has 2 heteroatoms. The fourth-order valence-electron chi connectivity index (χ4n) is 2.09. The van der Waals surface area contributed by atoms with E-state index in [9.17, 15) is 0 Å². The minimum Gasteiger partial charge on any atom is -0.494 e. The molecule has 0 amide bonds. The van der Waals surface area contributed by atoms with Crippen LogP contribution in [0.15, 0.2) is 54.6 Å². The number of rotatable bonds is 7. The lowest BCUT2D eigenvalue weighted by Crippen LogP contribution is -2.13. The van der Waals surface area contributed by atoms with Crippen LogP contribution in [0.4, 0.5) is 0 Å². The topological polar surface area (TPSA) is 12.5 Å². The van der Waals surface area contributed by atoms with Crippen molar-refractivity contribution in [3.63, 3.8) is 0 Å². The molecule has 0 unspecified atom stereocenters. The van der Waals surface area contributed by atoms with Gasteiger partial charge in [0.2, 0.25) is 0 Å². The second-order valence-corrected chi connectivity index (χ2v) is 5.25. The second-order valence-electron chi connectivity index (χ2n) is 5.25. The lowest BCUT2D eigenvalue weighted by Gasteiger charge is -2.10. The molecule has 0 aliphatic carbocycles. The molecule has 0 aliphatic heterocycles. The van der Waals surface area contributed by atoms with Crippen LogP contribution < -0.4 is 4.74 Å². The maximum absolute atomic E-state index is 5.76. The molecule has 0 spiro atoms. The van der Waals surface area contributed by atoms with E-state index < -0.39 is 0 Å². The smallest absolute Gasteiger partial charge is 0.119 e. The molecule has 0 N–H and O–H groups in total. The molecule has 0 bridgehead atoms. The summed E-state index contributed by atoms with van der Waals surface area (Å²) in [6, 6.07) is 18.7. The van der Waals surface area contributed by atoms with Crippen LogP contribution in [0, 0.1) is 0 Å². The third-order valence-corrected chi connectivity index (χ3v) is 3.23. The Morgan fingerprint density at radius 3 is 2.10 bits per heavy atom. The molecule has 0 fully saturated rings. The van der Waals surface area contributed by atoms with Gasteiger partial charge in [0, 0.05) is 0 Å². The summed E-state index contributed by atoms with van der Waals surface area (Å²) in [6.07, 6.45) is 2.27. The first-order chi connectivity index (χ1) is 9.75. The minimum absolute atomic E-state index is 0.790. The third-order valence-electron chi connectivity index (χ3n) is 3.23. The second kappa shape index (κ2) is 7.71. The Balaban J connectivity index is 1.80. The van der Waals surface area contributed by atoms with Crippen molar-refractivity contribution in [2.45, 2.75) is 12.8 Å². The number of ether oxygens (including phenoxy) is 1. The van der Waals surface area contributed by atoms with Crippen molar-refractivity contribution >= 4 is 0 Å². The lowest BCUT2D eigenvalue weighted by molar-refractivity contribution is 0.293.